The summed E-state index contributed by atoms with van der Waals surface area (Å²) in [6, 6.07) is 24.9. The molecular formula is C21H15N3OS. The number of nitrogens with zero attached hydrogens (tertiary/aromatic N) is 3. The third-order valence-electron chi connectivity index (χ3n) is 3.78. The topological polar surface area (TPSA) is 45.6 Å². The summed E-state index contributed by atoms with van der Waals surface area (Å²) in [6.07, 6.45) is 3.58. The number of hydrogen-bond donors (Lipinski definition) is 0. The van der Waals surface area contributed by atoms with Gasteiger partial charge in [-0.05, 0) is 47.7 Å². The van der Waals surface area contributed by atoms with Crippen LogP contribution < -0.4 is 4.90 Å². The van der Waals surface area contributed by atoms with E-state index in [0.29, 0.717) is 15.9 Å². The molecule has 5 heteroatoms. The first-order valence-electron chi connectivity index (χ1n) is 8.15. The normalized spacial score (nSPS) is 17.2. The van der Waals surface area contributed by atoms with Crippen molar-refractivity contribution in [1.82, 2.24) is 4.98 Å². The maximum absolute atomic E-state index is 13.0. The van der Waals surface area contributed by atoms with E-state index in [9.17, 15) is 4.79 Å². The van der Waals surface area contributed by atoms with Crippen LogP contribution in [0.5, 0.6) is 0 Å². The molecule has 2 aromatic carbocycles. The van der Waals surface area contributed by atoms with Gasteiger partial charge in [0.15, 0.2) is 11.0 Å². The minimum atomic E-state index is -0.0836. The molecule has 2 heterocycles. The lowest BCUT2D eigenvalue weighted by Crippen LogP contribution is -2.28. The van der Waals surface area contributed by atoms with E-state index >= 15 is 0 Å². The van der Waals surface area contributed by atoms with Crippen molar-refractivity contribution in [1.29, 1.82) is 0 Å². The lowest BCUT2D eigenvalue weighted by atomic mass is 10.2. The summed E-state index contributed by atoms with van der Waals surface area (Å²) in [4.78, 5) is 24.2. The van der Waals surface area contributed by atoms with Gasteiger partial charge in [0.25, 0.3) is 5.91 Å². The molecule has 1 aliphatic rings. The Kier molecular flexibility index (Phi) is 4.62. The summed E-state index contributed by atoms with van der Waals surface area (Å²) >= 11 is 1.36. The van der Waals surface area contributed by atoms with E-state index in [2.05, 4.69) is 9.98 Å². The molecule has 0 spiro atoms. The fraction of sp³-hybridized carbons (Fsp3) is 0. The van der Waals surface area contributed by atoms with E-state index in [0.717, 1.165) is 11.3 Å². The number of anilines is 1. The molecule has 1 fully saturated rings. The molecule has 4 rings (SSSR count). The summed E-state index contributed by atoms with van der Waals surface area (Å²) in [6.45, 7) is 0. The van der Waals surface area contributed by atoms with Crippen LogP contribution in [0.15, 0.2) is 95.0 Å². The molecule has 0 atom stereocenters. The van der Waals surface area contributed by atoms with Crippen molar-refractivity contribution in [2.45, 2.75) is 0 Å². The Hall–Kier alpha value is -3.18. The summed E-state index contributed by atoms with van der Waals surface area (Å²) < 4.78 is 0. The average molecular weight is 357 g/mol. The predicted molar refractivity (Wildman–Crippen MR) is 107 cm³/mol. The van der Waals surface area contributed by atoms with Crippen molar-refractivity contribution >= 4 is 40.4 Å². The number of carbonyl (C=O) groups excluding carboxylic acids is 1. The van der Waals surface area contributed by atoms with Crippen LogP contribution >= 0.6 is 11.8 Å². The zero-order valence-electron chi connectivity index (χ0n) is 13.8. The van der Waals surface area contributed by atoms with Crippen LogP contribution in [0.3, 0.4) is 0 Å². The van der Waals surface area contributed by atoms with E-state index < -0.39 is 0 Å². The smallest absolute Gasteiger partial charge is 0.268 e. The Bertz CT molecular complexity index is 970. The van der Waals surface area contributed by atoms with Gasteiger partial charge in [-0.2, -0.15) is 0 Å². The summed E-state index contributed by atoms with van der Waals surface area (Å²) in [5.74, 6) is 0.490. The third-order valence-corrected chi connectivity index (χ3v) is 4.75. The summed E-state index contributed by atoms with van der Waals surface area (Å²) in [5.41, 5.74) is 1.77. The highest BCUT2D eigenvalue weighted by Crippen LogP contribution is 2.36. The number of aromatic nitrogens is 1. The minimum Gasteiger partial charge on any atom is -0.268 e. The molecule has 1 saturated heterocycles. The van der Waals surface area contributed by atoms with Crippen molar-refractivity contribution in [2.24, 2.45) is 4.99 Å². The number of pyridine rings is 1. The number of para-hydroxylation sites is 1. The highest BCUT2D eigenvalue weighted by Gasteiger charge is 2.34. The monoisotopic (exact) mass is 357 g/mol. The zero-order valence-corrected chi connectivity index (χ0v) is 14.6. The predicted octanol–water partition coefficient (Wildman–Crippen LogP) is 4.89. The Morgan fingerprint density at radius 3 is 2.27 bits per heavy atom. The van der Waals surface area contributed by atoms with Gasteiger partial charge in [-0.1, -0.05) is 54.6 Å². The first-order valence-corrected chi connectivity index (χ1v) is 8.97. The molecular weight excluding hydrogens is 342 g/mol. The fourth-order valence-corrected chi connectivity index (χ4v) is 3.56. The van der Waals surface area contributed by atoms with Crippen molar-refractivity contribution in [3.8, 4) is 0 Å². The van der Waals surface area contributed by atoms with Gasteiger partial charge in [0.1, 0.15) is 0 Å². The summed E-state index contributed by atoms with van der Waals surface area (Å²) in [5, 5.41) is 0.599. The molecule has 1 amide bonds. The Morgan fingerprint density at radius 1 is 0.885 bits per heavy atom. The fourth-order valence-electron chi connectivity index (χ4n) is 2.57. The van der Waals surface area contributed by atoms with Gasteiger partial charge in [-0.3, -0.25) is 9.69 Å². The van der Waals surface area contributed by atoms with Gasteiger partial charge in [0.05, 0.1) is 10.6 Å². The quantitative estimate of drug-likeness (QED) is 0.627. The SMILES string of the molecule is O=C1/C(=C/c2ccccc2)SC(=Nc2ccccn2)N1c1ccccc1. The third kappa shape index (κ3) is 3.43. The molecule has 1 aromatic heterocycles. The van der Waals surface area contributed by atoms with Crippen LogP contribution in [-0.4, -0.2) is 16.1 Å². The molecule has 0 aliphatic carbocycles. The number of aliphatic imine (C=N–C) groups is 1. The van der Waals surface area contributed by atoms with Crippen LogP contribution in [0.2, 0.25) is 0 Å². The second-order valence-corrected chi connectivity index (χ2v) is 6.59. The molecule has 0 radical (unpaired) electrons. The Morgan fingerprint density at radius 2 is 1.58 bits per heavy atom. The molecule has 1 aliphatic heterocycles. The minimum absolute atomic E-state index is 0.0836. The van der Waals surface area contributed by atoms with E-state index in [1.54, 1.807) is 11.1 Å². The van der Waals surface area contributed by atoms with E-state index in [1.807, 2.05) is 84.9 Å². The standard InChI is InChI=1S/C21H15N3OS/c25-20-18(15-16-9-3-1-4-10-16)26-21(23-19-13-7-8-14-22-19)24(20)17-11-5-2-6-12-17/h1-15H/b18-15-,23-21?. The van der Waals surface area contributed by atoms with Gasteiger partial charge in [0.2, 0.25) is 0 Å². The second kappa shape index (κ2) is 7.37. The van der Waals surface area contributed by atoms with E-state index in [-0.39, 0.29) is 5.91 Å². The first kappa shape index (κ1) is 16.3. The van der Waals surface area contributed by atoms with Crippen molar-refractivity contribution in [3.05, 3.63) is 95.5 Å². The van der Waals surface area contributed by atoms with E-state index in [1.165, 1.54) is 11.8 Å². The van der Waals surface area contributed by atoms with Crippen molar-refractivity contribution < 1.29 is 4.79 Å². The van der Waals surface area contributed by atoms with Gasteiger partial charge >= 0.3 is 0 Å². The van der Waals surface area contributed by atoms with Crippen LogP contribution in [0.1, 0.15) is 5.56 Å². The van der Waals surface area contributed by atoms with E-state index in [4.69, 9.17) is 0 Å². The number of carbonyl (C=O) groups is 1. The summed E-state index contributed by atoms with van der Waals surface area (Å²) in [7, 11) is 0. The number of thioether (sulfide) groups is 1. The first-order chi connectivity index (χ1) is 12.8. The average Bonchev–Trinajstić information content (AvgIpc) is 2.99. The van der Waals surface area contributed by atoms with Crippen LogP contribution in [0.4, 0.5) is 11.5 Å². The molecule has 3 aromatic rings. The van der Waals surface area contributed by atoms with Crippen LogP contribution in [0.25, 0.3) is 6.08 Å². The molecule has 4 nitrogen and oxygen atoms in total. The van der Waals surface area contributed by atoms with Gasteiger partial charge in [0, 0.05) is 6.20 Å². The van der Waals surface area contributed by atoms with Gasteiger partial charge in [-0.15, -0.1) is 0 Å². The molecule has 0 bridgehead atoms. The van der Waals surface area contributed by atoms with Crippen molar-refractivity contribution in [2.75, 3.05) is 4.90 Å². The molecule has 26 heavy (non-hydrogen) atoms. The van der Waals surface area contributed by atoms with Crippen LogP contribution in [0, 0.1) is 0 Å². The van der Waals surface area contributed by atoms with Gasteiger partial charge in [-0.25, -0.2) is 9.98 Å². The molecule has 0 saturated carbocycles. The zero-order chi connectivity index (χ0) is 17.8. The highest BCUT2D eigenvalue weighted by molar-refractivity contribution is 8.19. The highest BCUT2D eigenvalue weighted by atomic mass is 32.2. The maximum atomic E-state index is 13.0. The number of hydrogen-bond acceptors (Lipinski definition) is 4. The Labute approximate surface area is 155 Å². The number of benzene rings is 2. The molecule has 0 N–H and O–H groups in total. The largest absolute Gasteiger partial charge is 0.271 e. The molecule has 126 valence electrons. The van der Waals surface area contributed by atoms with Gasteiger partial charge < -0.3 is 0 Å². The molecule has 0 unspecified atom stereocenters. The number of amidine groups is 1. The Balaban J connectivity index is 1.77. The van der Waals surface area contributed by atoms with Crippen LogP contribution in [-0.2, 0) is 4.79 Å². The second-order valence-electron chi connectivity index (χ2n) is 5.58. The lowest BCUT2D eigenvalue weighted by Gasteiger charge is -2.15. The number of amides is 1. The van der Waals surface area contributed by atoms with Crippen molar-refractivity contribution in [3.63, 3.8) is 0 Å². The number of rotatable bonds is 3. The lowest BCUT2D eigenvalue weighted by molar-refractivity contribution is -0.113. The maximum Gasteiger partial charge on any atom is 0.271 e.